The Morgan fingerprint density at radius 1 is 1.45 bits per heavy atom. The first-order chi connectivity index (χ1) is 5.25. The van der Waals surface area contributed by atoms with Crippen LogP contribution in [0, 0.1) is 13.8 Å². The van der Waals surface area contributed by atoms with Gasteiger partial charge in [0.15, 0.2) is 0 Å². The molecule has 0 bridgehead atoms. The standard InChI is InChI=1S/C10H12Cl/c1-3-5-9-7-4-6-8(2)10(9)11/h4,6-7H,1,3,5H2,2H3. The Labute approximate surface area is 73.2 Å². The molecule has 0 amide bonds. The Morgan fingerprint density at radius 3 is 2.82 bits per heavy atom. The fraction of sp³-hybridized carbons (Fsp3) is 0.300. The molecule has 0 aliphatic rings. The van der Waals surface area contributed by atoms with Gasteiger partial charge < -0.3 is 0 Å². The van der Waals surface area contributed by atoms with Crippen molar-refractivity contribution in [3.8, 4) is 0 Å². The van der Waals surface area contributed by atoms with Crippen molar-refractivity contribution >= 4 is 11.6 Å². The van der Waals surface area contributed by atoms with Crippen molar-refractivity contribution < 1.29 is 0 Å². The molecule has 1 radical (unpaired) electrons. The van der Waals surface area contributed by atoms with Gasteiger partial charge in [-0.05, 0) is 30.9 Å². The second-order valence-electron chi connectivity index (χ2n) is 2.65. The van der Waals surface area contributed by atoms with E-state index in [1.807, 2.05) is 19.1 Å². The van der Waals surface area contributed by atoms with E-state index >= 15 is 0 Å². The Hall–Kier alpha value is -0.490. The van der Waals surface area contributed by atoms with Crippen molar-refractivity contribution in [1.29, 1.82) is 0 Å². The van der Waals surface area contributed by atoms with E-state index in [0.29, 0.717) is 0 Å². The van der Waals surface area contributed by atoms with Crippen molar-refractivity contribution in [2.45, 2.75) is 19.8 Å². The monoisotopic (exact) mass is 167 g/mol. The van der Waals surface area contributed by atoms with Gasteiger partial charge >= 0.3 is 0 Å². The number of hydrogen-bond acceptors (Lipinski definition) is 0. The minimum absolute atomic E-state index is 0.899. The largest absolute Gasteiger partial charge is 0.0838 e. The third-order valence-corrected chi connectivity index (χ3v) is 2.26. The molecule has 1 aromatic rings. The lowest BCUT2D eigenvalue weighted by molar-refractivity contribution is 0.997. The molecule has 0 aromatic heterocycles. The third-order valence-electron chi connectivity index (χ3n) is 1.72. The van der Waals surface area contributed by atoms with Crippen LogP contribution in [0.4, 0.5) is 0 Å². The van der Waals surface area contributed by atoms with Gasteiger partial charge in [0.2, 0.25) is 0 Å². The molecule has 0 heterocycles. The zero-order valence-electron chi connectivity index (χ0n) is 6.73. The van der Waals surface area contributed by atoms with Gasteiger partial charge in [-0.2, -0.15) is 0 Å². The molecule has 0 fully saturated rings. The number of benzene rings is 1. The molecule has 0 saturated carbocycles. The highest BCUT2D eigenvalue weighted by molar-refractivity contribution is 6.32. The smallest absolute Gasteiger partial charge is 0.0467 e. The van der Waals surface area contributed by atoms with E-state index < -0.39 is 0 Å². The molecule has 0 aliphatic heterocycles. The van der Waals surface area contributed by atoms with Gasteiger partial charge in [0.25, 0.3) is 0 Å². The van der Waals surface area contributed by atoms with Gasteiger partial charge in [-0.25, -0.2) is 0 Å². The van der Waals surface area contributed by atoms with Gasteiger partial charge in [-0.3, -0.25) is 0 Å². The van der Waals surface area contributed by atoms with E-state index in [2.05, 4.69) is 13.0 Å². The van der Waals surface area contributed by atoms with Crippen LogP contribution in [0.15, 0.2) is 18.2 Å². The third kappa shape index (κ3) is 1.97. The maximum atomic E-state index is 6.04. The quantitative estimate of drug-likeness (QED) is 0.633. The maximum Gasteiger partial charge on any atom is 0.0467 e. The number of hydrogen-bond donors (Lipinski definition) is 0. The molecule has 1 rings (SSSR count). The van der Waals surface area contributed by atoms with E-state index in [9.17, 15) is 0 Å². The molecule has 0 spiro atoms. The lowest BCUT2D eigenvalue weighted by Gasteiger charge is -2.03. The van der Waals surface area contributed by atoms with Crippen LogP contribution < -0.4 is 0 Å². The zero-order chi connectivity index (χ0) is 8.27. The summed E-state index contributed by atoms with van der Waals surface area (Å²) in [6.45, 7) is 5.82. The first-order valence-corrected chi connectivity index (χ1v) is 4.16. The molecule has 0 aliphatic carbocycles. The molecule has 0 unspecified atom stereocenters. The highest BCUT2D eigenvalue weighted by Crippen LogP contribution is 2.20. The van der Waals surface area contributed by atoms with Crippen LogP contribution in [0.25, 0.3) is 0 Å². The van der Waals surface area contributed by atoms with Crippen molar-refractivity contribution in [2.24, 2.45) is 0 Å². The molecular weight excluding hydrogens is 156 g/mol. The molecule has 1 heteroatoms. The first kappa shape index (κ1) is 8.61. The minimum Gasteiger partial charge on any atom is -0.0838 e. The molecule has 0 atom stereocenters. The predicted molar refractivity (Wildman–Crippen MR) is 49.9 cm³/mol. The van der Waals surface area contributed by atoms with Crippen LogP contribution in [0.1, 0.15) is 17.5 Å². The molecule has 0 saturated heterocycles. The summed E-state index contributed by atoms with van der Waals surface area (Å²) in [5.74, 6) is 0. The SMILES string of the molecule is [CH2]CCc1cccc(C)c1Cl. The average molecular weight is 168 g/mol. The van der Waals surface area contributed by atoms with E-state index in [4.69, 9.17) is 11.6 Å². The summed E-state index contributed by atoms with van der Waals surface area (Å²) >= 11 is 6.04. The number of halogens is 1. The Kier molecular flexibility index (Phi) is 2.95. The van der Waals surface area contributed by atoms with Crippen molar-refractivity contribution in [3.63, 3.8) is 0 Å². The molecular formula is C10H12Cl. The van der Waals surface area contributed by atoms with Crippen LogP contribution in [-0.2, 0) is 6.42 Å². The lowest BCUT2D eigenvalue weighted by atomic mass is 10.1. The summed E-state index contributed by atoms with van der Waals surface area (Å²) in [4.78, 5) is 0. The highest BCUT2D eigenvalue weighted by Gasteiger charge is 1.99. The second kappa shape index (κ2) is 3.77. The summed E-state index contributed by atoms with van der Waals surface area (Å²) in [6, 6.07) is 6.11. The molecule has 59 valence electrons. The van der Waals surface area contributed by atoms with Gasteiger partial charge in [-0.1, -0.05) is 36.7 Å². The molecule has 1 aromatic carbocycles. The van der Waals surface area contributed by atoms with Gasteiger partial charge in [-0.15, -0.1) is 0 Å². The topological polar surface area (TPSA) is 0 Å². The van der Waals surface area contributed by atoms with E-state index in [1.165, 1.54) is 5.56 Å². The van der Waals surface area contributed by atoms with Gasteiger partial charge in [0.1, 0.15) is 0 Å². The Morgan fingerprint density at radius 2 is 2.18 bits per heavy atom. The van der Waals surface area contributed by atoms with Crippen LogP contribution in [0.3, 0.4) is 0 Å². The van der Waals surface area contributed by atoms with Crippen LogP contribution in [-0.4, -0.2) is 0 Å². The second-order valence-corrected chi connectivity index (χ2v) is 3.03. The highest BCUT2D eigenvalue weighted by atomic mass is 35.5. The molecule has 0 N–H and O–H groups in total. The van der Waals surface area contributed by atoms with Crippen LogP contribution >= 0.6 is 11.6 Å². The Bertz CT molecular complexity index is 241. The lowest BCUT2D eigenvalue weighted by Crippen LogP contribution is -1.86. The summed E-state index contributed by atoms with van der Waals surface area (Å²) in [7, 11) is 0. The summed E-state index contributed by atoms with van der Waals surface area (Å²) in [5, 5.41) is 0.899. The summed E-state index contributed by atoms with van der Waals surface area (Å²) in [6.07, 6.45) is 1.88. The van der Waals surface area contributed by atoms with Gasteiger partial charge in [0, 0.05) is 5.02 Å². The van der Waals surface area contributed by atoms with Crippen molar-refractivity contribution in [1.82, 2.24) is 0 Å². The van der Waals surface area contributed by atoms with Crippen LogP contribution in [0.2, 0.25) is 5.02 Å². The average Bonchev–Trinajstić information content (AvgIpc) is 1.99. The molecule has 0 nitrogen and oxygen atoms in total. The van der Waals surface area contributed by atoms with E-state index in [1.54, 1.807) is 0 Å². The molecule has 11 heavy (non-hydrogen) atoms. The normalized spacial score (nSPS) is 10.1. The fourth-order valence-corrected chi connectivity index (χ4v) is 1.31. The summed E-state index contributed by atoms with van der Waals surface area (Å²) < 4.78 is 0. The minimum atomic E-state index is 0.899. The Balaban J connectivity index is 2.96. The first-order valence-electron chi connectivity index (χ1n) is 3.79. The maximum absolute atomic E-state index is 6.04. The fourth-order valence-electron chi connectivity index (χ4n) is 1.09. The zero-order valence-corrected chi connectivity index (χ0v) is 7.49. The summed E-state index contributed by atoms with van der Waals surface area (Å²) in [5.41, 5.74) is 2.36. The predicted octanol–water partition coefficient (Wildman–Crippen LogP) is 3.42. The van der Waals surface area contributed by atoms with E-state index in [-0.39, 0.29) is 0 Å². The number of rotatable bonds is 2. The van der Waals surface area contributed by atoms with Crippen molar-refractivity contribution in [3.05, 3.63) is 41.3 Å². The van der Waals surface area contributed by atoms with Crippen LogP contribution in [0.5, 0.6) is 0 Å². The van der Waals surface area contributed by atoms with E-state index in [0.717, 1.165) is 23.4 Å². The number of aryl methyl sites for hydroxylation is 2. The van der Waals surface area contributed by atoms with Crippen molar-refractivity contribution in [2.75, 3.05) is 0 Å². The van der Waals surface area contributed by atoms with Gasteiger partial charge in [0.05, 0.1) is 0 Å².